The van der Waals surface area contributed by atoms with Gasteiger partial charge in [0, 0.05) is 24.1 Å². The Balaban J connectivity index is 1.64. The highest BCUT2D eigenvalue weighted by molar-refractivity contribution is 9.10. The molecule has 0 saturated carbocycles. The molecule has 110 valence electrons. The Bertz CT molecular complexity index is 607. The maximum absolute atomic E-state index is 3.48. The maximum atomic E-state index is 3.48. The van der Waals surface area contributed by atoms with Crippen LogP contribution < -0.4 is 5.32 Å². The van der Waals surface area contributed by atoms with Crippen LogP contribution in [0.15, 0.2) is 46.9 Å². The van der Waals surface area contributed by atoms with E-state index in [0.717, 1.165) is 37.1 Å². The molecule has 3 rings (SSSR count). The summed E-state index contributed by atoms with van der Waals surface area (Å²) in [6.07, 6.45) is 1.16. The molecule has 1 aliphatic rings. The van der Waals surface area contributed by atoms with Gasteiger partial charge >= 0.3 is 0 Å². The number of benzene rings is 2. The van der Waals surface area contributed by atoms with Gasteiger partial charge < -0.3 is 5.32 Å². The first kappa shape index (κ1) is 14.8. The van der Waals surface area contributed by atoms with Crippen molar-refractivity contribution >= 4 is 15.9 Å². The minimum absolute atomic E-state index is 0.975. The Morgan fingerprint density at radius 2 is 1.71 bits per heavy atom. The molecular formula is C18H21BrN2. The van der Waals surface area contributed by atoms with Crippen molar-refractivity contribution in [3.63, 3.8) is 0 Å². The second kappa shape index (κ2) is 6.73. The highest BCUT2D eigenvalue weighted by Gasteiger charge is 2.10. The average Bonchev–Trinajstić information content (AvgIpc) is 2.49. The zero-order valence-corrected chi connectivity index (χ0v) is 14.0. The Labute approximate surface area is 135 Å². The second-order valence-electron chi connectivity index (χ2n) is 5.83. The summed E-state index contributed by atoms with van der Waals surface area (Å²) >= 11 is 3.48. The quantitative estimate of drug-likeness (QED) is 0.909. The van der Waals surface area contributed by atoms with E-state index in [1.54, 1.807) is 0 Å². The Hall–Kier alpha value is -1.16. The first-order valence-corrected chi connectivity index (χ1v) is 8.24. The molecule has 0 saturated heterocycles. The van der Waals surface area contributed by atoms with E-state index in [2.05, 4.69) is 75.7 Å². The van der Waals surface area contributed by atoms with Crippen LogP contribution in [0.4, 0.5) is 0 Å². The lowest BCUT2D eigenvalue weighted by atomic mass is 9.98. The van der Waals surface area contributed by atoms with E-state index in [4.69, 9.17) is 0 Å². The third kappa shape index (κ3) is 3.94. The highest BCUT2D eigenvalue weighted by Crippen LogP contribution is 2.18. The van der Waals surface area contributed by atoms with Crippen LogP contribution in [-0.4, -0.2) is 18.5 Å². The largest absolute Gasteiger partial charge is 0.312 e. The van der Waals surface area contributed by atoms with Crippen molar-refractivity contribution in [2.75, 3.05) is 13.6 Å². The lowest BCUT2D eigenvalue weighted by Gasteiger charge is -2.21. The van der Waals surface area contributed by atoms with Gasteiger partial charge in [-0.05, 0) is 54.4 Å². The van der Waals surface area contributed by atoms with Gasteiger partial charge in [-0.15, -0.1) is 0 Å². The number of fused-ring (bicyclic) bond motifs is 1. The van der Waals surface area contributed by atoms with E-state index in [9.17, 15) is 0 Å². The molecule has 0 bridgehead atoms. The third-order valence-electron chi connectivity index (χ3n) is 3.98. The van der Waals surface area contributed by atoms with Crippen molar-refractivity contribution in [2.45, 2.75) is 26.1 Å². The fraction of sp³-hybridized carbons (Fsp3) is 0.333. The minimum Gasteiger partial charge on any atom is -0.312 e. The number of nitrogens with one attached hydrogen (secondary N) is 1. The summed E-state index contributed by atoms with van der Waals surface area (Å²) in [6.45, 7) is 4.08. The van der Waals surface area contributed by atoms with Crippen molar-refractivity contribution in [3.8, 4) is 0 Å². The lowest BCUT2D eigenvalue weighted by molar-refractivity contribution is 0.319. The molecule has 1 aliphatic heterocycles. The first-order chi connectivity index (χ1) is 10.2. The van der Waals surface area contributed by atoms with E-state index in [1.165, 1.54) is 22.3 Å². The predicted octanol–water partition coefficient (Wildman–Crippen LogP) is 3.73. The van der Waals surface area contributed by atoms with Gasteiger partial charge in [0.1, 0.15) is 0 Å². The molecule has 0 amide bonds. The van der Waals surface area contributed by atoms with Crippen LogP contribution in [0.25, 0.3) is 0 Å². The molecule has 1 N–H and O–H groups in total. The molecule has 0 radical (unpaired) electrons. The fourth-order valence-corrected chi connectivity index (χ4v) is 3.17. The second-order valence-corrected chi connectivity index (χ2v) is 6.74. The summed E-state index contributed by atoms with van der Waals surface area (Å²) in [4.78, 5) is 2.36. The first-order valence-electron chi connectivity index (χ1n) is 7.45. The van der Waals surface area contributed by atoms with Crippen LogP contribution in [0.1, 0.15) is 22.3 Å². The van der Waals surface area contributed by atoms with Crippen molar-refractivity contribution in [1.82, 2.24) is 10.2 Å². The molecule has 2 aromatic carbocycles. The number of halogens is 1. The average molecular weight is 345 g/mol. The molecule has 0 aromatic heterocycles. The predicted molar refractivity (Wildman–Crippen MR) is 91.2 cm³/mol. The van der Waals surface area contributed by atoms with E-state index in [0.29, 0.717) is 0 Å². The zero-order chi connectivity index (χ0) is 14.7. The molecule has 2 aromatic rings. The van der Waals surface area contributed by atoms with Crippen LogP contribution in [0, 0.1) is 0 Å². The summed E-state index contributed by atoms with van der Waals surface area (Å²) in [7, 11) is 2.18. The monoisotopic (exact) mass is 344 g/mol. The van der Waals surface area contributed by atoms with Gasteiger partial charge in [-0.25, -0.2) is 0 Å². The van der Waals surface area contributed by atoms with Gasteiger partial charge in [-0.2, -0.15) is 0 Å². The molecule has 0 fully saturated rings. The van der Waals surface area contributed by atoms with E-state index >= 15 is 0 Å². The van der Waals surface area contributed by atoms with Gasteiger partial charge in [0.25, 0.3) is 0 Å². The third-order valence-corrected chi connectivity index (χ3v) is 4.50. The molecule has 3 heteroatoms. The molecular weight excluding hydrogens is 324 g/mol. The molecule has 0 aliphatic carbocycles. The standard InChI is InChI=1S/C18H21BrN2/c1-21(12-14-3-6-18(19)7-4-14)13-15-2-5-16-8-9-20-11-17(16)10-15/h2-7,10,20H,8-9,11-13H2,1H3. The minimum atomic E-state index is 0.975. The van der Waals surface area contributed by atoms with Gasteiger partial charge in [-0.3, -0.25) is 4.90 Å². The van der Waals surface area contributed by atoms with Crippen LogP contribution in [0.2, 0.25) is 0 Å². The van der Waals surface area contributed by atoms with E-state index < -0.39 is 0 Å². The van der Waals surface area contributed by atoms with Crippen molar-refractivity contribution in [2.24, 2.45) is 0 Å². The van der Waals surface area contributed by atoms with Crippen molar-refractivity contribution in [1.29, 1.82) is 0 Å². The molecule has 2 nitrogen and oxygen atoms in total. The number of hydrogen-bond donors (Lipinski definition) is 1. The summed E-state index contributed by atoms with van der Waals surface area (Å²) in [5.74, 6) is 0. The molecule has 0 spiro atoms. The fourth-order valence-electron chi connectivity index (χ4n) is 2.90. The van der Waals surface area contributed by atoms with Crippen LogP contribution in [0.5, 0.6) is 0 Å². The smallest absolute Gasteiger partial charge is 0.0234 e. The van der Waals surface area contributed by atoms with Gasteiger partial charge in [-0.1, -0.05) is 46.3 Å². The summed E-state index contributed by atoms with van der Waals surface area (Å²) < 4.78 is 1.14. The molecule has 0 atom stereocenters. The number of nitrogens with zero attached hydrogens (tertiary/aromatic N) is 1. The summed E-state index contributed by atoms with van der Waals surface area (Å²) in [6, 6.07) is 15.5. The number of rotatable bonds is 4. The summed E-state index contributed by atoms with van der Waals surface area (Å²) in [5, 5.41) is 3.45. The highest BCUT2D eigenvalue weighted by atomic mass is 79.9. The zero-order valence-electron chi connectivity index (χ0n) is 12.4. The molecule has 0 unspecified atom stereocenters. The maximum Gasteiger partial charge on any atom is 0.0234 e. The van der Waals surface area contributed by atoms with Crippen LogP contribution in [-0.2, 0) is 26.1 Å². The van der Waals surface area contributed by atoms with Crippen LogP contribution >= 0.6 is 15.9 Å². The van der Waals surface area contributed by atoms with E-state index in [-0.39, 0.29) is 0 Å². The molecule has 21 heavy (non-hydrogen) atoms. The van der Waals surface area contributed by atoms with Gasteiger partial charge in [0.2, 0.25) is 0 Å². The lowest BCUT2D eigenvalue weighted by Crippen LogP contribution is -2.24. The van der Waals surface area contributed by atoms with Crippen molar-refractivity contribution < 1.29 is 0 Å². The van der Waals surface area contributed by atoms with Crippen LogP contribution in [0.3, 0.4) is 0 Å². The SMILES string of the molecule is CN(Cc1ccc(Br)cc1)Cc1ccc2c(c1)CNCC2. The normalized spacial score (nSPS) is 14.2. The summed E-state index contributed by atoms with van der Waals surface area (Å²) in [5.41, 5.74) is 5.72. The van der Waals surface area contributed by atoms with Gasteiger partial charge in [0.15, 0.2) is 0 Å². The Morgan fingerprint density at radius 3 is 2.52 bits per heavy atom. The van der Waals surface area contributed by atoms with E-state index in [1.807, 2.05) is 0 Å². The van der Waals surface area contributed by atoms with Gasteiger partial charge in [0.05, 0.1) is 0 Å². The molecule has 1 heterocycles. The number of hydrogen-bond acceptors (Lipinski definition) is 2. The Kier molecular flexibility index (Phi) is 4.73. The van der Waals surface area contributed by atoms with Crippen molar-refractivity contribution in [3.05, 3.63) is 69.2 Å². The Morgan fingerprint density at radius 1 is 1.00 bits per heavy atom. The topological polar surface area (TPSA) is 15.3 Å².